The van der Waals surface area contributed by atoms with Gasteiger partial charge in [-0.25, -0.2) is 0 Å². The molecule has 2 aliphatic rings. The normalized spacial score (nSPS) is 34.2. The van der Waals surface area contributed by atoms with E-state index in [1.807, 2.05) is 0 Å². The Morgan fingerprint density at radius 3 is 3.00 bits per heavy atom. The van der Waals surface area contributed by atoms with Gasteiger partial charge in [0.1, 0.15) is 11.4 Å². The first-order chi connectivity index (χ1) is 6.81. The maximum Gasteiger partial charge on any atom is 0.124 e. The summed E-state index contributed by atoms with van der Waals surface area (Å²) in [6.45, 7) is 2.66. The second-order valence-corrected chi connectivity index (χ2v) is 4.19. The molecular weight excluding hydrogens is 178 g/mol. The van der Waals surface area contributed by atoms with Crippen molar-refractivity contribution < 1.29 is 9.84 Å². The van der Waals surface area contributed by atoms with E-state index in [9.17, 15) is 5.11 Å². The third kappa shape index (κ3) is 2.10. The summed E-state index contributed by atoms with van der Waals surface area (Å²) in [6.07, 6.45) is 6.82. The van der Waals surface area contributed by atoms with E-state index in [0.29, 0.717) is 0 Å². The molecule has 2 rings (SSSR count). The molecule has 1 atom stereocenters. The fraction of sp³-hybridized carbons (Fsp3) is 0.818. The van der Waals surface area contributed by atoms with E-state index < -0.39 is 5.60 Å². The quantitative estimate of drug-likeness (QED) is 0.663. The lowest BCUT2D eigenvalue weighted by molar-refractivity contribution is -0.00452. The molecule has 14 heavy (non-hydrogen) atoms. The van der Waals surface area contributed by atoms with Crippen LogP contribution in [0.5, 0.6) is 0 Å². The van der Waals surface area contributed by atoms with Crippen LogP contribution in [-0.4, -0.2) is 30.4 Å². The van der Waals surface area contributed by atoms with Crippen LogP contribution in [0.4, 0.5) is 0 Å². The average molecular weight is 197 g/mol. The highest BCUT2D eigenvalue weighted by Crippen LogP contribution is 2.30. The van der Waals surface area contributed by atoms with Crippen LogP contribution in [0.25, 0.3) is 0 Å². The highest BCUT2D eigenvalue weighted by Gasteiger charge is 2.34. The van der Waals surface area contributed by atoms with Crippen LogP contribution >= 0.6 is 0 Å². The minimum absolute atomic E-state index is 0.691. The minimum Gasteiger partial charge on any atom is -0.495 e. The Labute approximate surface area is 85.1 Å². The van der Waals surface area contributed by atoms with E-state index in [1.165, 1.54) is 0 Å². The van der Waals surface area contributed by atoms with Crippen LogP contribution in [-0.2, 0) is 4.74 Å². The van der Waals surface area contributed by atoms with E-state index in [0.717, 1.165) is 57.6 Å². The lowest BCUT2D eigenvalue weighted by Gasteiger charge is -2.31. The smallest absolute Gasteiger partial charge is 0.124 e. The molecule has 2 heterocycles. The molecule has 1 unspecified atom stereocenters. The Hall–Kier alpha value is -0.540. The largest absolute Gasteiger partial charge is 0.495 e. The maximum absolute atomic E-state index is 10.4. The van der Waals surface area contributed by atoms with Gasteiger partial charge in [0.25, 0.3) is 0 Å². The van der Waals surface area contributed by atoms with Gasteiger partial charge < -0.3 is 15.2 Å². The molecule has 2 aliphatic heterocycles. The maximum atomic E-state index is 10.4. The van der Waals surface area contributed by atoms with Crippen LogP contribution in [0.1, 0.15) is 32.1 Å². The van der Waals surface area contributed by atoms with Gasteiger partial charge >= 0.3 is 0 Å². The van der Waals surface area contributed by atoms with Crippen LogP contribution in [0.15, 0.2) is 11.8 Å². The van der Waals surface area contributed by atoms with E-state index in [1.54, 1.807) is 0 Å². The second kappa shape index (κ2) is 4.32. The Bertz CT molecular complexity index is 217. The number of hydrogen-bond donors (Lipinski definition) is 2. The van der Waals surface area contributed by atoms with E-state index in [4.69, 9.17) is 4.74 Å². The molecule has 2 N–H and O–H groups in total. The van der Waals surface area contributed by atoms with Crippen LogP contribution in [0.3, 0.4) is 0 Å². The molecule has 0 aromatic rings. The average Bonchev–Trinajstić information content (AvgIpc) is 2.46. The summed E-state index contributed by atoms with van der Waals surface area (Å²) >= 11 is 0. The SMILES string of the molecule is OC1(C2=CCCCO2)CCCNCC1. The molecule has 0 bridgehead atoms. The number of hydrogen-bond acceptors (Lipinski definition) is 3. The number of allylic oxidation sites excluding steroid dienone is 1. The van der Waals surface area contributed by atoms with Gasteiger partial charge in [-0.2, -0.15) is 0 Å². The molecule has 0 radical (unpaired) electrons. The molecule has 0 spiro atoms. The fourth-order valence-corrected chi connectivity index (χ4v) is 2.18. The zero-order valence-corrected chi connectivity index (χ0v) is 8.59. The zero-order valence-electron chi connectivity index (χ0n) is 8.59. The van der Waals surface area contributed by atoms with Crippen molar-refractivity contribution >= 4 is 0 Å². The van der Waals surface area contributed by atoms with Gasteiger partial charge in [-0.05, 0) is 51.3 Å². The molecule has 0 saturated carbocycles. The Kier molecular flexibility index (Phi) is 3.08. The summed E-state index contributed by atoms with van der Waals surface area (Å²) in [5.74, 6) is 0.826. The van der Waals surface area contributed by atoms with Crippen molar-refractivity contribution in [3.8, 4) is 0 Å². The van der Waals surface area contributed by atoms with Crippen LogP contribution < -0.4 is 5.32 Å². The topological polar surface area (TPSA) is 41.5 Å². The predicted molar refractivity (Wildman–Crippen MR) is 54.9 cm³/mol. The first kappa shape index (κ1) is 9.99. The third-order valence-corrected chi connectivity index (χ3v) is 3.05. The first-order valence-corrected chi connectivity index (χ1v) is 5.58. The summed E-state index contributed by atoms with van der Waals surface area (Å²) in [4.78, 5) is 0. The van der Waals surface area contributed by atoms with E-state index >= 15 is 0 Å². The van der Waals surface area contributed by atoms with E-state index in [-0.39, 0.29) is 0 Å². The van der Waals surface area contributed by atoms with Crippen LogP contribution in [0.2, 0.25) is 0 Å². The van der Waals surface area contributed by atoms with Crippen molar-refractivity contribution in [1.82, 2.24) is 5.32 Å². The summed E-state index contributed by atoms with van der Waals surface area (Å²) in [5, 5.41) is 13.7. The molecule has 0 amide bonds. The Morgan fingerprint density at radius 2 is 2.21 bits per heavy atom. The molecule has 1 fully saturated rings. The fourth-order valence-electron chi connectivity index (χ4n) is 2.18. The van der Waals surface area contributed by atoms with Crippen molar-refractivity contribution in [2.45, 2.75) is 37.7 Å². The molecule has 0 aromatic heterocycles. The van der Waals surface area contributed by atoms with Gasteiger partial charge in [0.15, 0.2) is 0 Å². The van der Waals surface area contributed by atoms with Crippen molar-refractivity contribution in [3.05, 3.63) is 11.8 Å². The van der Waals surface area contributed by atoms with Gasteiger partial charge in [0.2, 0.25) is 0 Å². The number of ether oxygens (including phenoxy) is 1. The van der Waals surface area contributed by atoms with Gasteiger partial charge in [-0.1, -0.05) is 0 Å². The number of rotatable bonds is 1. The predicted octanol–water partition coefficient (Wildman–Crippen LogP) is 1.19. The van der Waals surface area contributed by atoms with Gasteiger partial charge in [-0.3, -0.25) is 0 Å². The summed E-state index contributed by atoms with van der Waals surface area (Å²) in [7, 11) is 0. The Morgan fingerprint density at radius 1 is 1.29 bits per heavy atom. The lowest BCUT2D eigenvalue weighted by atomic mass is 9.91. The number of nitrogens with one attached hydrogen (secondary N) is 1. The van der Waals surface area contributed by atoms with Gasteiger partial charge in [0.05, 0.1) is 6.61 Å². The number of aliphatic hydroxyl groups is 1. The molecular formula is C11H19NO2. The summed E-state index contributed by atoms with van der Waals surface area (Å²) < 4.78 is 5.56. The van der Waals surface area contributed by atoms with E-state index in [2.05, 4.69) is 11.4 Å². The van der Waals surface area contributed by atoms with Crippen molar-refractivity contribution in [1.29, 1.82) is 0 Å². The second-order valence-electron chi connectivity index (χ2n) is 4.19. The molecule has 0 aromatic carbocycles. The van der Waals surface area contributed by atoms with Gasteiger partial charge in [0, 0.05) is 0 Å². The highest BCUT2D eigenvalue weighted by atomic mass is 16.5. The molecule has 80 valence electrons. The standard InChI is InChI=1S/C11H19NO2/c13-11(5-3-7-12-8-6-11)10-4-1-2-9-14-10/h4,12-13H,1-3,5-9H2. The van der Waals surface area contributed by atoms with Crippen LogP contribution in [0, 0.1) is 0 Å². The Balaban J connectivity index is 2.07. The summed E-state index contributed by atoms with van der Waals surface area (Å²) in [5.41, 5.74) is -0.691. The highest BCUT2D eigenvalue weighted by molar-refractivity contribution is 5.12. The lowest BCUT2D eigenvalue weighted by Crippen LogP contribution is -2.34. The van der Waals surface area contributed by atoms with Crippen molar-refractivity contribution in [2.75, 3.05) is 19.7 Å². The molecule has 1 saturated heterocycles. The molecule has 3 heteroatoms. The van der Waals surface area contributed by atoms with Gasteiger partial charge in [-0.15, -0.1) is 0 Å². The van der Waals surface area contributed by atoms with Crippen molar-refractivity contribution in [2.24, 2.45) is 0 Å². The molecule has 3 nitrogen and oxygen atoms in total. The first-order valence-electron chi connectivity index (χ1n) is 5.58. The van der Waals surface area contributed by atoms with Crippen molar-refractivity contribution in [3.63, 3.8) is 0 Å². The third-order valence-electron chi connectivity index (χ3n) is 3.05. The minimum atomic E-state index is -0.691. The summed E-state index contributed by atoms with van der Waals surface area (Å²) in [6, 6.07) is 0. The molecule has 0 aliphatic carbocycles. The monoisotopic (exact) mass is 197 g/mol. The zero-order chi connectivity index (χ0) is 9.86.